The van der Waals surface area contributed by atoms with Gasteiger partial charge in [-0.05, 0) is 18.2 Å². The zero-order chi connectivity index (χ0) is 12.6. The van der Waals surface area contributed by atoms with Crippen molar-refractivity contribution in [2.75, 3.05) is 11.7 Å². The summed E-state index contributed by atoms with van der Waals surface area (Å²) in [6, 6.07) is 2.68. The quantitative estimate of drug-likeness (QED) is 0.644. The molecular weight excluding hydrogens is 281 g/mol. The molecule has 4 nitrogen and oxygen atoms in total. The molecule has 1 aromatic carbocycles. The smallest absolute Gasteiger partial charge is 0.324 e. The maximum absolute atomic E-state index is 12.6. The van der Waals surface area contributed by atoms with E-state index in [1.165, 1.54) is 0 Å². The Morgan fingerprint density at radius 1 is 1.29 bits per heavy atom. The summed E-state index contributed by atoms with van der Waals surface area (Å²) in [5.74, 6) is 4.95. The number of hydrogen-bond donors (Lipinski definition) is 2. The summed E-state index contributed by atoms with van der Waals surface area (Å²) in [4.78, 5) is -0.765. The van der Waals surface area contributed by atoms with Gasteiger partial charge in [-0.25, -0.2) is 8.42 Å². The Hall–Kier alpha value is -0.990. The van der Waals surface area contributed by atoms with Gasteiger partial charge in [-0.1, -0.05) is 0 Å². The average Bonchev–Trinajstić information content (AvgIpc) is 2.14. The van der Waals surface area contributed by atoms with Crippen LogP contribution in [0.1, 0.15) is 5.56 Å². The van der Waals surface area contributed by atoms with Crippen LogP contribution >= 0.6 is 12.4 Å². The third-order valence-electron chi connectivity index (χ3n) is 1.85. The molecule has 0 amide bonds. The second-order valence-electron chi connectivity index (χ2n) is 3.13. The first-order valence-electron chi connectivity index (χ1n) is 4.04. The van der Waals surface area contributed by atoms with E-state index in [-0.39, 0.29) is 18.1 Å². The summed E-state index contributed by atoms with van der Waals surface area (Å²) >= 11 is 0. The van der Waals surface area contributed by atoms with Crippen LogP contribution in [-0.2, 0) is 16.0 Å². The third kappa shape index (κ3) is 3.76. The highest BCUT2D eigenvalue weighted by Gasteiger charge is 2.36. The highest BCUT2D eigenvalue weighted by atomic mass is 35.5. The summed E-state index contributed by atoms with van der Waals surface area (Å²) in [5, 5.41) is 0. The van der Waals surface area contributed by atoms with E-state index in [9.17, 15) is 21.6 Å². The van der Waals surface area contributed by atoms with Crippen molar-refractivity contribution in [1.29, 1.82) is 0 Å². The van der Waals surface area contributed by atoms with Gasteiger partial charge in [0.25, 0.3) is 0 Å². The zero-order valence-corrected chi connectivity index (χ0v) is 10.2. The second-order valence-corrected chi connectivity index (χ2v) is 5.11. The van der Waals surface area contributed by atoms with E-state index in [1.54, 1.807) is 0 Å². The van der Waals surface area contributed by atoms with E-state index >= 15 is 0 Å². The number of nitrogen functional groups attached to an aromatic ring is 1. The molecule has 0 aromatic heterocycles. The molecule has 0 aliphatic rings. The highest BCUT2D eigenvalue weighted by Crippen LogP contribution is 2.35. The third-order valence-corrected chi connectivity index (χ3v) is 3.01. The fourth-order valence-corrected chi connectivity index (χ4v) is 2.05. The summed E-state index contributed by atoms with van der Waals surface area (Å²) in [7, 11) is -3.93. The van der Waals surface area contributed by atoms with E-state index in [2.05, 4.69) is 0 Å². The van der Waals surface area contributed by atoms with Gasteiger partial charge in [0, 0.05) is 11.9 Å². The topological polar surface area (TPSA) is 72.2 Å². The van der Waals surface area contributed by atoms with Crippen molar-refractivity contribution in [3.05, 3.63) is 23.8 Å². The summed E-state index contributed by atoms with van der Waals surface area (Å²) in [6.45, 7) is 0. The number of alkyl halides is 3. The van der Waals surface area contributed by atoms with E-state index in [0.717, 1.165) is 12.1 Å². The molecule has 98 valence electrons. The van der Waals surface area contributed by atoms with E-state index in [4.69, 9.17) is 5.84 Å². The van der Waals surface area contributed by atoms with Crippen LogP contribution in [0.4, 0.5) is 18.9 Å². The Morgan fingerprint density at radius 3 is 2.18 bits per heavy atom. The minimum Gasteiger partial charge on any atom is -0.324 e. The van der Waals surface area contributed by atoms with Crippen LogP contribution in [0.5, 0.6) is 0 Å². The number of rotatable bonds is 2. The molecule has 0 aliphatic carbocycles. The maximum atomic E-state index is 12.6. The van der Waals surface area contributed by atoms with Gasteiger partial charge in [-0.2, -0.15) is 13.2 Å². The lowest BCUT2D eigenvalue weighted by Gasteiger charge is -2.12. The number of halogens is 4. The SMILES string of the molecule is CS(=O)(=O)c1ccc(NN)cc1C(F)(F)F.Cl. The van der Waals surface area contributed by atoms with Gasteiger partial charge >= 0.3 is 6.18 Å². The zero-order valence-electron chi connectivity index (χ0n) is 8.58. The number of hydrogen-bond acceptors (Lipinski definition) is 4. The van der Waals surface area contributed by atoms with Crippen LogP contribution in [0, 0.1) is 0 Å². The summed E-state index contributed by atoms with van der Waals surface area (Å²) in [6.07, 6.45) is -4.03. The van der Waals surface area contributed by atoms with Gasteiger partial charge in [0.2, 0.25) is 0 Å². The monoisotopic (exact) mass is 290 g/mol. The molecule has 1 rings (SSSR count). The van der Waals surface area contributed by atoms with Crippen molar-refractivity contribution in [1.82, 2.24) is 0 Å². The Kier molecular flexibility index (Phi) is 4.81. The van der Waals surface area contributed by atoms with Gasteiger partial charge in [0.05, 0.1) is 10.5 Å². The molecule has 0 aliphatic heterocycles. The Morgan fingerprint density at radius 2 is 1.82 bits per heavy atom. The fourth-order valence-electron chi connectivity index (χ4n) is 1.16. The molecule has 1 aromatic rings. The Bertz CT molecular complexity index is 502. The van der Waals surface area contributed by atoms with Crippen molar-refractivity contribution in [2.24, 2.45) is 5.84 Å². The first kappa shape index (κ1) is 16.0. The molecule has 3 N–H and O–H groups in total. The molecule has 0 fully saturated rings. The number of sulfone groups is 1. The van der Waals surface area contributed by atoms with Gasteiger partial charge in [0.15, 0.2) is 9.84 Å². The van der Waals surface area contributed by atoms with Crippen molar-refractivity contribution in [2.45, 2.75) is 11.1 Å². The van der Waals surface area contributed by atoms with Crippen molar-refractivity contribution in [3.63, 3.8) is 0 Å². The first-order valence-corrected chi connectivity index (χ1v) is 5.93. The van der Waals surface area contributed by atoms with E-state index < -0.39 is 26.5 Å². The minimum atomic E-state index is -4.74. The van der Waals surface area contributed by atoms with Crippen LogP contribution < -0.4 is 11.3 Å². The highest BCUT2D eigenvalue weighted by molar-refractivity contribution is 7.90. The average molecular weight is 291 g/mol. The standard InChI is InChI=1S/C8H9F3N2O2S.ClH/c1-16(14,15)7-3-2-5(13-12)4-6(7)8(9,10)11;/h2-4,13H,12H2,1H3;1H. The van der Waals surface area contributed by atoms with Gasteiger partial charge < -0.3 is 5.43 Å². The minimum absolute atomic E-state index is 0. The largest absolute Gasteiger partial charge is 0.417 e. The molecule has 17 heavy (non-hydrogen) atoms. The Balaban J connectivity index is 0.00000256. The molecule has 0 heterocycles. The van der Waals surface area contributed by atoms with Gasteiger partial charge in [-0.15, -0.1) is 12.4 Å². The van der Waals surface area contributed by atoms with Gasteiger partial charge in [-0.3, -0.25) is 5.84 Å². The lowest BCUT2D eigenvalue weighted by molar-refractivity contribution is -0.139. The Labute approximate surface area is 102 Å². The normalized spacial score (nSPS) is 11.8. The molecule has 0 atom stereocenters. The molecule has 0 saturated heterocycles. The first-order chi connectivity index (χ1) is 7.16. The number of hydrazine groups is 1. The second kappa shape index (κ2) is 5.11. The summed E-state index contributed by atoms with van der Waals surface area (Å²) < 4.78 is 60.0. The molecule has 0 unspecified atom stereocenters. The molecule has 0 spiro atoms. The predicted molar refractivity (Wildman–Crippen MR) is 59.6 cm³/mol. The van der Waals surface area contributed by atoms with Gasteiger partial charge in [0.1, 0.15) is 0 Å². The number of nitrogens with one attached hydrogen (secondary N) is 1. The van der Waals surface area contributed by atoms with Crippen LogP contribution in [0.3, 0.4) is 0 Å². The van der Waals surface area contributed by atoms with E-state index in [0.29, 0.717) is 12.3 Å². The van der Waals surface area contributed by atoms with Crippen LogP contribution in [0.2, 0.25) is 0 Å². The van der Waals surface area contributed by atoms with Crippen molar-refractivity contribution < 1.29 is 21.6 Å². The molecule has 9 heteroatoms. The number of nitrogens with two attached hydrogens (primary N) is 1. The lowest BCUT2D eigenvalue weighted by atomic mass is 10.2. The fraction of sp³-hybridized carbons (Fsp3) is 0.250. The van der Waals surface area contributed by atoms with Crippen LogP contribution in [-0.4, -0.2) is 14.7 Å². The molecule has 0 bridgehead atoms. The van der Waals surface area contributed by atoms with Crippen molar-refractivity contribution >= 4 is 27.9 Å². The molecule has 0 radical (unpaired) electrons. The molecular formula is C8H10ClF3N2O2S. The summed E-state index contributed by atoms with van der Waals surface area (Å²) in [5.41, 5.74) is 0.778. The number of anilines is 1. The number of benzene rings is 1. The van der Waals surface area contributed by atoms with Crippen LogP contribution in [0.25, 0.3) is 0 Å². The van der Waals surface area contributed by atoms with Crippen LogP contribution in [0.15, 0.2) is 23.1 Å². The lowest BCUT2D eigenvalue weighted by Crippen LogP contribution is -2.14. The predicted octanol–water partition coefficient (Wildman–Crippen LogP) is 1.82. The molecule has 0 saturated carbocycles. The van der Waals surface area contributed by atoms with Crippen molar-refractivity contribution in [3.8, 4) is 0 Å². The maximum Gasteiger partial charge on any atom is 0.417 e. The van der Waals surface area contributed by atoms with E-state index in [1.807, 2.05) is 5.43 Å².